The summed E-state index contributed by atoms with van der Waals surface area (Å²) in [6, 6.07) is 20.8. The summed E-state index contributed by atoms with van der Waals surface area (Å²) >= 11 is 0. The van der Waals surface area contributed by atoms with E-state index in [1.165, 1.54) is 21.9 Å². The lowest BCUT2D eigenvalue weighted by molar-refractivity contribution is 0.0952. The second-order valence-electron chi connectivity index (χ2n) is 6.32. The van der Waals surface area contributed by atoms with Crippen LogP contribution < -0.4 is 5.32 Å². The topological polar surface area (TPSA) is 29.1 Å². The molecule has 0 fully saturated rings. The normalized spacial score (nSPS) is 10.8. The molecule has 3 rings (SSSR count). The molecule has 3 aromatic rings. The van der Waals surface area contributed by atoms with Crippen molar-refractivity contribution in [1.29, 1.82) is 0 Å². The lowest BCUT2D eigenvalue weighted by Crippen LogP contribution is -2.25. The molecule has 0 spiro atoms. The second kappa shape index (κ2) is 7.31. The van der Waals surface area contributed by atoms with Crippen LogP contribution in [0.5, 0.6) is 0 Å². The molecule has 0 aliphatic rings. The molecular weight excluding hydrogens is 294 g/mol. The quantitative estimate of drug-likeness (QED) is 0.672. The zero-order chi connectivity index (χ0) is 16.9. The monoisotopic (exact) mass is 317 g/mol. The first kappa shape index (κ1) is 16.3. The van der Waals surface area contributed by atoms with Gasteiger partial charge >= 0.3 is 0 Å². The van der Waals surface area contributed by atoms with Crippen LogP contribution in [0.2, 0.25) is 0 Å². The van der Waals surface area contributed by atoms with E-state index in [-0.39, 0.29) is 5.91 Å². The molecule has 0 atom stereocenters. The number of amides is 1. The lowest BCUT2D eigenvalue weighted by atomic mass is 10.0. The molecular formula is C22H23NO. The van der Waals surface area contributed by atoms with Crippen LogP contribution in [0.1, 0.15) is 33.5 Å². The van der Waals surface area contributed by atoms with E-state index in [0.717, 1.165) is 24.0 Å². The third kappa shape index (κ3) is 3.65. The van der Waals surface area contributed by atoms with E-state index >= 15 is 0 Å². The van der Waals surface area contributed by atoms with Crippen LogP contribution in [-0.2, 0) is 6.42 Å². The van der Waals surface area contributed by atoms with Gasteiger partial charge in [-0.05, 0) is 54.7 Å². The summed E-state index contributed by atoms with van der Waals surface area (Å²) in [4.78, 5) is 12.3. The third-order valence-corrected chi connectivity index (χ3v) is 4.41. The van der Waals surface area contributed by atoms with Crippen molar-refractivity contribution in [1.82, 2.24) is 5.32 Å². The van der Waals surface area contributed by atoms with Gasteiger partial charge in [-0.2, -0.15) is 0 Å². The minimum Gasteiger partial charge on any atom is -0.352 e. The molecule has 3 aromatic carbocycles. The van der Waals surface area contributed by atoms with Gasteiger partial charge in [0.1, 0.15) is 0 Å². The van der Waals surface area contributed by atoms with Crippen molar-refractivity contribution in [3.8, 4) is 0 Å². The van der Waals surface area contributed by atoms with Gasteiger partial charge in [0.2, 0.25) is 0 Å². The Morgan fingerprint density at radius 1 is 0.958 bits per heavy atom. The third-order valence-electron chi connectivity index (χ3n) is 4.41. The van der Waals surface area contributed by atoms with Gasteiger partial charge in [0.25, 0.3) is 5.91 Å². The second-order valence-corrected chi connectivity index (χ2v) is 6.32. The van der Waals surface area contributed by atoms with E-state index in [1.54, 1.807) is 0 Å². The highest BCUT2D eigenvalue weighted by molar-refractivity contribution is 5.95. The van der Waals surface area contributed by atoms with Crippen molar-refractivity contribution in [3.05, 3.63) is 82.9 Å². The number of carbonyl (C=O) groups is 1. The van der Waals surface area contributed by atoms with Gasteiger partial charge in [-0.25, -0.2) is 0 Å². The number of nitrogens with one attached hydrogen (secondary N) is 1. The van der Waals surface area contributed by atoms with Crippen molar-refractivity contribution in [2.75, 3.05) is 6.54 Å². The number of hydrogen-bond acceptors (Lipinski definition) is 1. The Labute approximate surface area is 143 Å². The predicted molar refractivity (Wildman–Crippen MR) is 101 cm³/mol. The maximum Gasteiger partial charge on any atom is 0.251 e. The van der Waals surface area contributed by atoms with Crippen molar-refractivity contribution in [2.24, 2.45) is 0 Å². The van der Waals surface area contributed by atoms with Crippen molar-refractivity contribution >= 4 is 16.7 Å². The molecule has 1 N–H and O–H groups in total. The Morgan fingerprint density at radius 2 is 1.75 bits per heavy atom. The molecule has 0 saturated carbocycles. The molecule has 0 heterocycles. The average molecular weight is 317 g/mol. The summed E-state index contributed by atoms with van der Waals surface area (Å²) in [7, 11) is 0. The number of carbonyl (C=O) groups excluding carboxylic acids is 1. The van der Waals surface area contributed by atoms with Crippen LogP contribution in [0, 0.1) is 13.8 Å². The standard InChI is InChI=1S/C22H23NO/c1-16-12-13-20(17(2)15-16)22(24)23-14-6-10-19-9-5-8-18-7-3-4-11-21(18)19/h3-5,7-9,11-13,15H,6,10,14H2,1-2H3,(H,23,24). The summed E-state index contributed by atoms with van der Waals surface area (Å²) in [5.74, 6) is 0.0189. The van der Waals surface area contributed by atoms with Crippen LogP contribution >= 0.6 is 0 Å². The fourth-order valence-corrected chi connectivity index (χ4v) is 3.15. The van der Waals surface area contributed by atoms with Crippen LogP contribution in [0.3, 0.4) is 0 Å². The molecule has 0 bridgehead atoms. The van der Waals surface area contributed by atoms with Crippen LogP contribution in [0.4, 0.5) is 0 Å². The van der Waals surface area contributed by atoms with Crippen molar-refractivity contribution in [3.63, 3.8) is 0 Å². The minimum absolute atomic E-state index is 0.0189. The van der Waals surface area contributed by atoms with E-state index < -0.39 is 0 Å². The van der Waals surface area contributed by atoms with Gasteiger partial charge in [-0.3, -0.25) is 4.79 Å². The smallest absolute Gasteiger partial charge is 0.251 e. The Hall–Kier alpha value is -2.61. The molecule has 0 aliphatic carbocycles. The summed E-state index contributed by atoms with van der Waals surface area (Å²) in [6.07, 6.45) is 1.90. The number of rotatable bonds is 5. The fraction of sp³-hybridized carbons (Fsp3) is 0.227. The summed E-state index contributed by atoms with van der Waals surface area (Å²) < 4.78 is 0. The van der Waals surface area contributed by atoms with E-state index in [2.05, 4.69) is 47.8 Å². The zero-order valence-electron chi connectivity index (χ0n) is 14.3. The minimum atomic E-state index is 0.0189. The molecule has 0 radical (unpaired) electrons. The molecule has 2 nitrogen and oxygen atoms in total. The summed E-state index contributed by atoms with van der Waals surface area (Å²) in [5.41, 5.74) is 4.32. The van der Waals surface area contributed by atoms with E-state index in [0.29, 0.717) is 6.54 Å². The highest BCUT2D eigenvalue weighted by Gasteiger charge is 2.08. The van der Waals surface area contributed by atoms with Crippen LogP contribution in [0.25, 0.3) is 10.8 Å². The van der Waals surface area contributed by atoms with Gasteiger partial charge in [0.05, 0.1) is 0 Å². The summed E-state index contributed by atoms with van der Waals surface area (Å²) in [6.45, 7) is 4.71. The maximum atomic E-state index is 12.3. The van der Waals surface area contributed by atoms with Gasteiger partial charge in [-0.15, -0.1) is 0 Å². The molecule has 0 saturated heterocycles. The molecule has 122 valence electrons. The predicted octanol–water partition coefficient (Wildman–Crippen LogP) is 4.82. The Balaban J connectivity index is 1.58. The van der Waals surface area contributed by atoms with Crippen LogP contribution in [0.15, 0.2) is 60.7 Å². The van der Waals surface area contributed by atoms with Gasteiger partial charge in [0, 0.05) is 12.1 Å². The highest BCUT2D eigenvalue weighted by Crippen LogP contribution is 2.19. The molecule has 0 aromatic heterocycles. The zero-order valence-corrected chi connectivity index (χ0v) is 14.3. The Bertz CT molecular complexity index is 861. The first-order valence-electron chi connectivity index (χ1n) is 8.47. The first-order chi connectivity index (χ1) is 11.6. The lowest BCUT2D eigenvalue weighted by Gasteiger charge is -2.09. The highest BCUT2D eigenvalue weighted by atomic mass is 16.1. The molecule has 1 amide bonds. The SMILES string of the molecule is Cc1ccc(C(=O)NCCCc2cccc3ccccc23)c(C)c1. The number of fused-ring (bicyclic) bond motifs is 1. The molecule has 0 unspecified atom stereocenters. The molecule has 2 heteroatoms. The van der Waals surface area contributed by atoms with E-state index in [4.69, 9.17) is 0 Å². The van der Waals surface area contributed by atoms with Crippen LogP contribution in [-0.4, -0.2) is 12.5 Å². The van der Waals surface area contributed by atoms with Crippen molar-refractivity contribution < 1.29 is 4.79 Å². The fourth-order valence-electron chi connectivity index (χ4n) is 3.15. The Morgan fingerprint density at radius 3 is 2.58 bits per heavy atom. The van der Waals surface area contributed by atoms with Gasteiger partial charge in [-0.1, -0.05) is 60.2 Å². The Kier molecular flexibility index (Phi) is 4.95. The van der Waals surface area contributed by atoms with Gasteiger partial charge < -0.3 is 5.32 Å². The largest absolute Gasteiger partial charge is 0.352 e. The van der Waals surface area contributed by atoms with E-state index in [1.807, 2.05) is 32.0 Å². The number of aryl methyl sites for hydroxylation is 3. The van der Waals surface area contributed by atoms with Crippen molar-refractivity contribution in [2.45, 2.75) is 26.7 Å². The summed E-state index contributed by atoms with van der Waals surface area (Å²) in [5, 5.41) is 5.62. The maximum absolute atomic E-state index is 12.3. The van der Waals surface area contributed by atoms with E-state index in [9.17, 15) is 4.79 Å². The molecule has 24 heavy (non-hydrogen) atoms. The number of benzene rings is 3. The average Bonchev–Trinajstić information content (AvgIpc) is 2.58. The molecule has 0 aliphatic heterocycles. The first-order valence-corrected chi connectivity index (χ1v) is 8.47. The van der Waals surface area contributed by atoms with Gasteiger partial charge in [0.15, 0.2) is 0 Å². The number of hydrogen-bond donors (Lipinski definition) is 1.